The first-order valence-electron chi connectivity index (χ1n) is 7.43. The summed E-state index contributed by atoms with van der Waals surface area (Å²) in [5.74, 6) is 0.335. The van der Waals surface area contributed by atoms with Crippen molar-refractivity contribution < 1.29 is 22.7 Å². The second-order valence-electron chi connectivity index (χ2n) is 5.49. The van der Waals surface area contributed by atoms with E-state index in [2.05, 4.69) is 14.8 Å². The minimum Gasteiger partial charge on any atom is -0.406 e. The highest BCUT2D eigenvalue weighted by Gasteiger charge is 2.31. The van der Waals surface area contributed by atoms with Crippen LogP contribution in [0.2, 0.25) is 0 Å². The van der Waals surface area contributed by atoms with E-state index in [-0.39, 0.29) is 11.7 Å². The van der Waals surface area contributed by atoms with Crippen LogP contribution in [0.1, 0.15) is 12.8 Å². The molecular formula is C15H15F3N4O2. The van der Waals surface area contributed by atoms with Crippen molar-refractivity contribution in [3.63, 3.8) is 0 Å². The van der Waals surface area contributed by atoms with Gasteiger partial charge in [-0.15, -0.1) is 18.3 Å². The number of carbonyl (C=O) groups excluding carboxylic acids is 1. The third-order valence-corrected chi connectivity index (χ3v) is 3.83. The van der Waals surface area contributed by atoms with Gasteiger partial charge in [0.1, 0.15) is 18.4 Å². The molecule has 1 aromatic heterocycles. The second kappa shape index (κ2) is 6.50. The number of hydrogen-bond donors (Lipinski definition) is 0. The fraction of sp³-hybridized carbons (Fsp3) is 0.400. The Morgan fingerprint density at radius 1 is 1.17 bits per heavy atom. The Labute approximate surface area is 135 Å². The van der Waals surface area contributed by atoms with Crippen LogP contribution in [-0.4, -0.2) is 40.5 Å². The number of alkyl halides is 3. The van der Waals surface area contributed by atoms with Crippen LogP contribution < -0.4 is 9.64 Å². The lowest BCUT2D eigenvalue weighted by atomic mass is 9.99. The van der Waals surface area contributed by atoms with Crippen LogP contribution in [0, 0.1) is 5.92 Å². The Kier molecular flexibility index (Phi) is 4.41. The maximum atomic E-state index is 12.2. The van der Waals surface area contributed by atoms with Crippen molar-refractivity contribution in [2.24, 2.45) is 5.92 Å². The lowest BCUT2D eigenvalue weighted by molar-refractivity contribution is -0.274. The van der Waals surface area contributed by atoms with Crippen molar-refractivity contribution >= 4 is 12.2 Å². The van der Waals surface area contributed by atoms with Gasteiger partial charge in [-0.1, -0.05) is 0 Å². The smallest absolute Gasteiger partial charge is 0.406 e. The van der Waals surface area contributed by atoms with E-state index in [1.807, 2.05) is 4.90 Å². The molecule has 1 fully saturated rings. The van der Waals surface area contributed by atoms with E-state index in [1.54, 1.807) is 0 Å². The Hall–Kier alpha value is -2.58. The van der Waals surface area contributed by atoms with Gasteiger partial charge < -0.3 is 14.4 Å². The number of nitrogens with zero attached hydrogens (tertiary/aromatic N) is 4. The predicted molar refractivity (Wildman–Crippen MR) is 79.0 cm³/mol. The van der Waals surface area contributed by atoms with Crippen LogP contribution in [0.15, 0.2) is 30.6 Å². The highest BCUT2D eigenvalue weighted by molar-refractivity contribution is 5.54. The number of halogens is 3. The van der Waals surface area contributed by atoms with E-state index >= 15 is 0 Å². The highest BCUT2D eigenvalue weighted by Crippen LogP contribution is 2.24. The van der Waals surface area contributed by atoms with Crippen molar-refractivity contribution in [1.29, 1.82) is 0 Å². The SMILES string of the molecule is O=CC1CCN(c2ncn(-c3ccc(OC(F)(F)F)cc3)n2)CC1. The Bertz CT molecular complexity index is 691. The van der Waals surface area contributed by atoms with Crippen molar-refractivity contribution in [3.05, 3.63) is 30.6 Å². The van der Waals surface area contributed by atoms with E-state index < -0.39 is 6.36 Å². The van der Waals surface area contributed by atoms with E-state index in [0.29, 0.717) is 24.7 Å². The molecule has 0 radical (unpaired) electrons. The fourth-order valence-electron chi connectivity index (χ4n) is 2.56. The number of anilines is 1. The molecule has 0 saturated carbocycles. The number of benzene rings is 1. The molecule has 1 aliphatic rings. The number of aromatic nitrogens is 3. The summed E-state index contributed by atoms with van der Waals surface area (Å²) in [4.78, 5) is 17.0. The summed E-state index contributed by atoms with van der Waals surface area (Å²) in [5, 5.41) is 4.34. The van der Waals surface area contributed by atoms with Crippen molar-refractivity contribution in [2.75, 3.05) is 18.0 Å². The van der Waals surface area contributed by atoms with Gasteiger partial charge in [0.2, 0.25) is 5.95 Å². The third-order valence-electron chi connectivity index (χ3n) is 3.83. The van der Waals surface area contributed by atoms with Gasteiger partial charge in [-0.2, -0.15) is 4.98 Å². The number of ether oxygens (including phenoxy) is 1. The predicted octanol–water partition coefficient (Wildman–Crippen LogP) is 2.58. The first-order valence-corrected chi connectivity index (χ1v) is 7.43. The topological polar surface area (TPSA) is 60.2 Å². The zero-order chi connectivity index (χ0) is 17.2. The monoisotopic (exact) mass is 340 g/mol. The van der Waals surface area contributed by atoms with Crippen LogP contribution in [0.3, 0.4) is 0 Å². The van der Waals surface area contributed by atoms with Gasteiger partial charge in [0.05, 0.1) is 5.69 Å². The Morgan fingerprint density at radius 2 is 1.83 bits per heavy atom. The van der Waals surface area contributed by atoms with Crippen LogP contribution in [0.5, 0.6) is 5.75 Å². The first kappa shape index (κ1) is 16.3. The number of piperidine rings is 1. The minimum absolute atomic E-state index is 0.0875. The largest absolute Gasteiger partial charge is 0.573 e. The standard InChI is InChI=1S/C15H15F3N4O2/c16-15(17,18)24-13-3-1-12(2-4-13)22-10-19-14(20-22)21-7-5-11(9-23)6-8-21/h1-4,9-11H,5-8H2. The molecule has 1 aliphatic heterocycles. The molecule has 0 bridgehead atoms. The molecular weight excluding hydrogens is 325 g/mol. The summed E-state index contributed by atoms with van der Waals surface area (Å²) in [7, 11) is 0. The van der Waals surface area contributed by atoms with Crippen LogP contribution >= 0.6 is 0 Å². The lowest BCUT2D eigenvalue weighted by Gasteiger charge is -2.28. The molecule has 6 nitrogen and oxygen atoms in total. The maximum absolute atomic E-state index is 12.2. The molecule has 2 heterocycles. The molecule has 0 unspecified atom stereocenters. The molecule has 0 aliphatic carbocycles. The quantitative estimate of drug-likeness (QED) is 0.801. The van der Waals surface area contributed by atoms with Gasteiger partial charge in [0, 0.05) is 19.0 Å². The summed E-state index contributed by atoms with van der Waals surface area (Å²) >= 11 is 0. The summed E-state index contributed by atoms with van der Waals surface area (Å²) in [5.41, 5.74) is 0.575. The summed E-state index contributed by atoms with van der Waals surface area (Å²) in [6.07, 6.45) is -0.701. The fourth-order valence-corrected chi connectivity index (χ4v) is 2.56. The van der Waals surface area contributed by atoms with Gasteiger partial charge in [0.15, 0.2) is 0 Å². The van der Waals surface area contributed by atoms with E-state index in [1.165, 1.54) is 35.3 Å². The first-order chi connectivity index (χ1) is 11.4. The third kappa shape index (κ3) is 3.84. The van der Waals surface area contributed by atoms with Crippen molar-refractivity contribution in [2.45, 2.75) is 19.2 Å². The maximum Gasteiger partial charge on any atom is 0.573 e. The Morgan fingerprint density at radius 3 is 2.42 bits per heavy atom. The van der Waals surface area contributed by atoms with Crippen molar-refractivity contribution in [1.82, 2.24) is 14.8 Å². The summed E-state index contributed by atoms with van der Waals surface area (Å²) in [6.45, 7) is 1.40. The average Bonchev–Trinajstić information content (AvgIpc) is 3.04. The second-order valence-corrected chi connectivity index (χ2v) is 5.49. The summed E-state index contributed by atoms with van der Waals surface area (Å²) in [6, 6.07) is 5.38. The summed E-state index contributed by atoms with van der Waals surface area (Å²) < 4.78 is 41.8. The molecule has 9 heteroatoms. The molecule has 0 spiro atoms. The van der Waals surface area contributed by atoms with Crippen LogP contribution in [0.25, 0.3) is 5.69 Å². The highest BCUT2D eigenvalue weighted by atomic mass is 19.4. The zero-order valence-electron chi connectivity index (χ0n) is 12.6. The van der Waals surface area contributed by atoms with Gasteiger partial charge >= 0.3 is 6.36 Å². The van der Waals surface area contributed by atoms with Gasteiger partial charge in [-0.25, -0.2) is 4.68 Å². The lowest BCUT2D eigenvalue weighted by Crippen LogP contribution is -2.34. The molecule has 1 saturated heterocycles. The molecule has 3 rings (SSSR count). The minimum atomic E-state index is -4.71. The normalized spacial score (nSPS) is 16.2. The number of aldehydes is 1. The van der Waals surface area contributed by atoms with Crippen molar-refractivity contribution in [3.8, 4) is 11.4 Å². The molecule has 0 amide bonds. The molecule has 0 atom stereocenters. The van der Waals surface area contributed by atoms with E-state index in [4.69, 9.17) is 0 Å². The van der Waals surface area contributed by atoms with Gasteiger partial charge in [0.25, 0.3) is 0 Å². The van der Waals surface area contributed by atoms with Gasteiger partial charge in [-0.3, -0.25) is 0 Å². The van der Waals surface area contributed by atoms with E-state index in [9.17, 15) is 18.0 Å². The Balaban J connectivity index is 1.68. The molecule has 128 valence electrons. The van der Waals surface area contributed by atoms with Crippen LogP contribution in [-0.2, 0) is 4.79 Å². The van der Waals surface area contributed by atoms with Gasteiger partial charge in [-0.05, 0) is 37.1 Å². The number of carbonyl (C=O) groups is 1. The zero-order valence-corrected chi connectivity index (χ0v) is 12.6. The molecule has 24 heavy (non-hydrogen) atoms. The number of hydrogen-bond acceptors (Lipinski definition) is 5. The molecule has 1 aromatic carbocycles. The average molecular weight is 340 g/mol. The number of rotatable bonds is 4. The van der Waals surface area contributed by atoms with E-state index in [0.717, 1.165) is 19.1 Å². The van der Waals surface area contributed by atoms with Crippen LogP contribution in [0.4, 0.5) is 19.1 Å². The molecule has 2 aromatic rings. The molecule has 0 N–H and O–H groups in total.